The topological polar surface area (TPSA) is 58.2 Å². The molecule has 4 nitrogen and oxygen atoms in total. The number of amides is 2. The predicted octanol–water partition coefficient (Wildman–Crippen LogP) is 3.92. The first kappa shape index (κ1) is 18.8. The number of rotatable bonds is 3. The second-order valence-corrected chi connectivity index (χ2v) is 5.66. The van der Waals surface area contributed by atoms with Gasteiger partial charge in [-0.05, 0) is 36.2 Å². The van der Waals surface area contributed by atoms with Crippen LogP contribution < -0.4 is 10.6 Å². The number of anilines is 1. The molecule has 2 amide bonds. The molecular weight excluding hydrogens is 357 g/mol. The number of carbonyl (C=O) groups excluding carboxylic acids is 2. The monoisotopic (exact) mass is 370 g/mol. The molecule has 0 radical (unpaired) electrons. The van der Waals surface area contributed by atoms with E-state index in [0.29, 0.717) is 6.07 Å². The summed E-state index contributed by atoms with van der Waals surface area (Å²) >= 11 is 5.78. The Morgan fingerprint density at radius 2 is 1.76 bits per heavy atom. The van der Waals surface area contributed by atoms with E-state index in [1.807, 2.05) is 19.1 Å². The van der Waals surface area contributed by atoms with Gasteiger partial charge in [-0.1, -0.05) is 35.9 Å². The second kappa shape index (κ2) is 7.57. The van der Waals surface area contributed by atoms with Crippen molar-refractivity contribution in [3.63, 3.8) is 0 Å². The van der Waals surface area contributed by atoms with Crippen molar-refractivity contribution in [3.05, 3.63) is 64.2 Å². The molecule has 0 bridgehead atoms. The molecular formula is C17H14ClF3N2O2. The Kier molecular flexibility index (Phi) is 5.69. The zero-order chi connectivity index (χ0) is 18.6. The Morgan fingerprint density at radius 3 is 2.40 bits per heavy atom. The van der Waals surface area contributed by atoms with Gasteiger partial charge in [-0.15, -0.1) is 0 Å². The summed E-state index contributed by atoms with van der Waals surface area (Å²) in [5.74, 6) is -2.08. The first-order chi connectivity index (χ1) is 11.7. The normalized spacial score (nSPS) is 11.1. The first-order valence-corrected chi connectivity index (χ1v) is 7.56. The van der Waals surface area contributed by atoms with Crippen LogP contribution in [0.2, 0.25) is 5.02 Å². The lowest BCUT2D eigenvalue weighted by atomic mass is 10.1. The van der Waals surface area contributed by atoms with E-state index in [9.17, 15) is 22.8 Å². The zero-order valence-electron chi connectivity index (χ0n) is 13.1. The van der Waals surface area contributed by atoms with Crippen LogP contribution >= 0.6 is 11.6 Å². The van der Waals surface area contributed by atoms with Gasteiger partial charge in [0.15, 0.2) is 0 Å². The molecule has 0 saturated heterocycles. The van der Waals surface area contributed by atoms with E-state index in [1.54, 1.807) is 12.1 Å². The summed E-state index contributed by atoms with van der Waals surface area (Å²) in [5.41, 5.74) is 0.491. The van der Waals surface area contributed by atoms with Gasteiger partial charge in [0, 0.05) is 6.54 Å². The maximum atomic E-state index is 12.7. The Bertz CT molecular complexity index is 807. The standard InChI is InChI=1S/C17H14ClF3N2O2/c1-10-4-2-3-5-11(10)9-22-15(24)16(25)23-14-8-12(17(19,20)21)6-7-13(14)18/h2-8H,9H2,1H3,(H,22,24)(H,23,25). The van der Waals surface area contributed by atoms with E-state index < -0.39 is 23.6 Å². The van der Waals surface area contributed by atoms with Crippen molar-refractivity contribution in [2.75, 3.05) is 5.32 Å². The second-order valence-electron chi connectivity index (χ2n) is 5.26. The number of hydrogen-bond donors (Lipinski definition) is 2. The number of aryl methyl sites for hydroxylation is 1. The van der Waals surface area contributed by atoms with Crippen LogP contribution in [0.3, 0.4) is 0 Å². The van der Waals surface area contributed by atoms with Crippen molar-refractivity contribution >= 4 is 29.1 Å². The van der Waals surface area contributed by atoms with Gasteiger partial charge in [0.2, 0.25) is 0 Å². The third-order valence-electron chi connectivity index (χ3n) is 3.45. The molecule has 0 saturated carbocycles. The van der Waals surface area contributed by atoms with Crippen LogP contribution in [0.4, 0.5) is 18.9 Å². The minimum Gasteiger partial charge on any atom is -0.344 e. The summed E-state index contributed by atoms with van der Waals surface area (Å²) < 4.78 is 38.1. The maximum absolute atomic E-state index is 12.7. The average Bonchev–Trinajstić information content (AvgIpc) is 2.54. The van der Waals surface area contributed by atoms with Gasteiger partial charge in [-0.25, -0.2) is 0 Å². The summed E-state index contributed by atoms with van der Waals surface area (Å²) in [7, 11) is 0. The van der Waals surface area contributed by atoms with Crippen LogP contribution in [0, 0.1) is 6.92 Å². The third kappa shape index (κ3) is 4.96. The molecule has 2 aromatic rings. The van der Waals surface area contributed by atoms with Gasteiger partial charge in [0.1, 0.15) is 0 Å². The lowest BCUT2D eigenvalue weighted by Gasteiger charge is -2.12. The number of nitrogens with one attached hydrogen (secondary N) is 2. The quantitative estimate of drug-likeness (QED) is 0.804. The molecule has 0 aliphatic rings. The van der Waals surface area contributed by atoms with Crippen LogP contribution in [0.15, 0.2) is 42.5 Å². The first-order valence-electron chi connectivity index (χ1n) is 7.19. The van der Waals surface area contributed by atoms with Crippen LogP contribution in [0.5, 0.6) is 0 Å². The summed E-state index contributed by atoms with van der Waals surface area (Å²) in [4.78, 5) is 23.7. The zero-order valence-corrected chi connectivity index (χ0v) is 13.8. The molecule has 2 aromatic carbocycles. The summed E-state index contributed by atoms with van der Waals surface area (Å²) in [5, 5.41) is 4.39. The van der Waals surface area contributed by atoms with Crippen molar-refractivity contribution in [2.24, 2.45) is 0 Å². The van der Waals surface area contributed by atoms with Crippen molar-refractivity contribution in [1.29, 1.82) is 0 Å². The molecule has 132 valence electrons. The minimum absolute atomic E-state index is 0.104. The van der Waals surface area contributed by atoms with Gasteiger partial charge >= 0.3 is 18.0 Å². The van der Waals surface area contributed by atoms with Gasteiger partial charge in [0.05, 0.1) is 16.3 Å². The molecule has 8 heteroatoms. The van der Waals surface area contributed by atoms with E-state index in [-0.39, 0.29) is 17.3 Å². The lowest BCUT2D eigenvalue weighted by Crippen LogP contribution is -2.35. The van der Waals surface area contributed by atoms with E-state index >= 15 is 0 Å². The Hall–Kier alpha value is -2.54. The van der Waals surface area contributed by atoms with Gasteiger partial charge in [-0.3, -0.25) is 9.59 Å². The molecule has 0 unspecified atom stereocenters. The van der Waals surface area contributed by atoms with Crippen molar-refractivity contribution in [1.82, 2.24) is 5.32 Å². The molecule has 0 atom stereocenters. The SMILES string of the molecule is Cc1ccccc1CNC(=O)C(=O)Nc1cc(C(F)(F)F)ccc1Cl. The number of benzene rings is 2. The van der Waals surface area contributed by atoms with E-state index in [4.69, 9.17) is 11.6 Å². The van der Waals surface area contributed by atoms with E-state index in [1.165, 1.54) is 0 Å². The van der Waals surface area contributed by atoms with Crippen molar-refractivity contribution in [3.8, 4) is 0 Å². The predicted molar refractivity (Wildman–Crippen MR) is 88.1 cm³/mol. The molecule has 0 aromatic heterocycles. The van der Waals surface area contributed by atoms with E-state index in [2.05, 4.69) is 10.6 Å². The lowest BCUT2D eigenvalue weighted by molar-refractivity contribution is -0.137. The molecule has 0 aliphatic carbocycles. The minimum atomic E-state index is -4.59. The van der Waals surface area contributed by atoms with Crippen LogP contribution in [-0.2, 0) is 22.3 Å². The average molecular weight is 371 g/mol. The van der Waals surface area contributed by atoms with Gasteiger partial charge in [0.25, 0.3) is 0 Å². The molecule has 0 spiro atoms. The molecule has 0 fully saturated rings. The Morgan fingerprint density at radius 1 is 1.08 bits per heavy atom. The summed E-state index contributed by atoms with van der Waals surface area (Å²) in [6.07, 6.45) is -4.59. The van der Waals surface area contributed by atoms with Crippen molar-refractivity contribution < 1.29 is 22.8 Å². The third-order valence-corrected chi connectivity index (χ3v) is 3.78. The largest absolute Gasteiger partial charge is 0.416 e. The number of carbonyl (C=O) groups is 2. The Labute approximate surface area is 147 Å². The molecule has 0 aliphatic heterocycles. The Balaban J connectivity index is 2.04. The fraction of sp³-hybridized carbons (Fsp3) is 0.176. The van der Waals surface area contributed by atoms with Gasteiger partial charge < -0.3 is 10.6 Å². The fourth-order valence-corrected chi connectivity index (χ4v) is 2.21. The fourth-order valence-electron chi connectivity index (χ4n) is 2.04. The molecule has 2 rings (SSSR count). The summed E-state index contributed by atoms with van der Waals surface area (Å²) in [6, 6.07) is 9.73. The van der Waals surface area contributed by atoms with Gasteiger partial charge in [-0.2, -0.15) is 13.2 Å². The summed E-state index contributed by atoms with van der Waals surface area (Å²) in [6.45, 7) is 1.97. The smallest absolute Gasteiger partial charge is 0.344 e. The van der Waals surface area contributed by atoms with E-state index in [0.717, 1.165) is 23.3 Å². The molecule has 25 heavy (non-hydrogen) atoms. The highest BCUT2D eigenvalue weighted by Crippen LogP contribution is 2.33. The van der Waals surface area contributed by atoms with Crippen LogP contribution in [0.25, 0.3) is 0 Å². The van der Waals surface area contributed by atoms with Crippen LogP contribution in [-0.4, -0.2) is 11.8 Å². The highest BCUT2D eigenvalue weighted by atomic mass is 35.5. The number of halogens is 4. The number of hydrogen-bond acceptors (Lipinski definition) is 2. The van der Waals surface area contributed by atoms with Crippen molar-refractivity contribution in [2.45, 2.75) is 19.6 Å². The highest BCUT2D eigenvalue weighted by molar-refractivity contribution is 6.41. The highest BCUT2D eigenvalue weighted by Gasteiger charge is 2.31. The van der Waals surface area contributed by atoms with Crippen LogP contribution in [0.1, 0.15) is 16.7 Å². The molecule has 0 heterocycles. The molecule has 2 N–H and O–H groups in total. The number of alkyl halides is 3. The maximum Gasteiger partial charge on any atom is 0.416 e.